The van der Waals surface area contributed by atoms with Crippen LogP contribution in [0.5, 0.6) is 0 Å². The summed E-state index contributed by atoms with van der Waals surface area (Å²) in [5.74, 6) is -1.18. The summed E-state index contributed by atoms with van der Waals surface area (Å²) in [5, 5.41) is 12.0. The Morgan fingerprint density at radius 3 is 2.57 bits per heavy atom. The monoisotopic (exact) mass is 376 g/mol. The second kappa shape index (κ2) is 7.76. The number of aromatic nitrogens is 1. The molecule has 3 aromatic rings. The molecule has 7 heteroatoms. The summed E-state index contributed by atoms with van der Waals surface area (Å²) in [7, 11) is 0. The molecule has 0 aliphatic carbocycles. The van der Waals surface area contributed by atoms with Crippen LogP contribution in [0.2, 0.25) is 0 Å². The predicted molar refractivity (Wildman–Crippen MR) is 103 cm³/mol. The molecular formula is C21H17FN4O2. The van der Waals surface area contributed by atoms with E-state index < -0.39 is 11.9 Å². The van der Waals surface area contributed by atoms with Gasteiger partial charge in [0.05, 0.1) is 6.54 Å². The number of hydrogen-bond donors (Lipinski definition) is 2. The fraction of sp³-hybridized carbons (Fsp3) is 0.0952. The van der Waals surface area contributed by atoms with Crippen molar-refractivity contribution < 1.29 is 14.0 Å². The molecular weight excluding hydrogens is 359 g/mol. The molecule has 0 radical (unpaired) electrons. The normalized spacial score (nSPS) is 11.2. The van der Waals surface area contributed by atoms with Gasteiger partial charge in [-0.1, -0.05) is 36.4 Å². The number of amides is 3. The molecule has 0 fully saturated rings. The molecule has 2 aromatic carbocycles. The van der Waals surface area contributed by atoms with Crippen LogP contribution in [0.3, 0.4) is 0 Å². The third-order valence-electron chi connectivity index (χ3n) is 4.46. The summed E-state index contributed by atoms with van der Waals surface area (Å²) in [6.45, 7) is 2.12. The molecule has 28 heavy (non-hydrogen) atoms. The standard InChI is InChI=1S/C21H17FN4O2/c1-13-17(10-15(11-23)20(27)25-21(24)28)16-7-3-5-9-19(16)26(13)12-14-6-2-4-8-18(14)22/h2-10H,12H2,1H3,(H3,24,25,27,28)/b15-10-. The van der Waals surface area contributed by atoms with Gasteiger partial charge in [0.25, 0.3) is 5.91 Å². The number of nitrogens with two attached hydrogens (primary N) is 1. The van der Waals surface area contributed by atoms with E-state index in [1.807, 2.05) is 41.1 Å². The summed E-state index contributed by atoms with van der Waals surface area (Å²) in [4.78, 5) is 22.9. The molecule has 0 atom stereocenters. The zero-order valence-corrected chi connectivity index (χ0v) is 15.1. The number of fused-ring (bicyclic) bond motifs is 1. The number of carbonyl (C=O) groups excluding carboxylic acids is 2. The van der Waals surface area contributed by atoms with Crippen LogP contribution >= 0.6 is 0 Å². The Bertz CT molecular complexity index is 1150. The zero-order valence-electron chi connectivity index (χ0n) is 15.1. The quantitative estimate of drug-likeness (QED) is 0.540. The Labute approximate surface area is 160 Å². The number of benzene rings is 2. The number of para-hydroxylation sites is 1. The SMILES string of the molecule is Cc1c(/C=C(/C#N)C(=O)NC(N)=O)c2ccccc2n1Cc1ccccc1F. The molecule has 3 amide bonds. The van der Waals surface area contributed by atoms with E-state index in [-0.39, 0.29) is 11.4 Å². The van der Waals surface area contributed by atoms with E-state index in [0.29, 0.717) is 17.7 Å². The van der Waals surface area contributed by atoms with Crippen molar-refractivity contribution in [2.75, 3.05) is 0 Å². The molecule has 0 bridgehead atoms. The molecule has 0 saturated heterocycles. The number of halogens is 1. The van der Waals surface area contributed by atoms with Gasteiger partial charge in [-0.2, -0.15) is 5.26 Å². The molecule has 1 heterocycles. The van der Waals surface area contributed by atoms with Crippen molar-refractivity contribution >= 4 is 28.9 Å². The van der Waals surface area contributed by atoms with E-state index in [0.717, 1.165) is 16.6 Å². The molecule has 1 aromatic heterocycles. The van der Waals surface area contributed by atoms with E-state index in [1.54, 1.807) is 24.3 Å². The van der Waals surface area contributed by atoms with Crippen molar-refractivity contribution in [1.82, 2.24) is 9.88 Å². The van der Waals surface area contributed by atoms with E-state index >= 15 is 0 Å². The van der Waals surface area contributed by atoms with Gasteiger partial charge in [-0.25, -0.2) is 9.18 Å². The Kier molecular flexibility index (Phi) is 5.23. The van der Waals surface area contributed by atoms with Gasteiger partial charge in [-0.3, -0.25) is 10.1 Å². The summed E-state index contributed by atoms with van der Waals surface area (Å²) < 4.78 is 16.1. The number of urea groups is 1. The van der Waals surface area contributed by atoms with Crippen molar-refractivity contribution in [3.05, 3.63) is 76.7 Å². The summed E-state index contributed by atoms with van der Waals surface area (Å²) in [6, 6.07) is 14.7. The van der Waals surface area contributed by atoms with Gasteiger partial charge < -0.3 is 10.3 Å². The Hall–Kier alpha value is -3.92. The second-order valence-electron chi connectivity index (χ2n) is 6.18. The van der Waals surface area contributed by atoms with E-state index in [2.05, 4.69) is 0 Å². The minimum Gasteiger partial charge on any atom is -0.351 e. The van der Waals surface area contributed by atoms with Crippen LogP contribution in [-0.4, -0.2) is 16.5 Å². The third kappa shape index (κ3) is 3.62. The second-order valence-corrected chi connectivity index (χ2v) is 6.18. The van der Waals surface area contributed by atoms with Crippen LogP contribution in [0, 0.1) is 24.1 Å². The maximum atomic E-state index is 14.1. The first-order chi connectivity index (χ1) is 13.4. The van der Waals surface area contributed by atoms with Gasteiger partial charge in [0.1, 0.15) is 17.5 Å². The minimum absolute atomic E-state index is 0.254. The first kappa shape index (κ1) is 18.9. The fourth-order valence-corrected chi connectivity index (χ4v) is 3.11. The number of carbonyl (C=O) groups is 2. The maximum absolute atomic E-state index is 14.1. The lowest BCUT2D eigenvalue weighted by molar-refractivity contribution is -0.115. The fourth-order valence-electron chi connectivity index (χ4n) is 3.11. The first-order valence-corrected chi connectivity index (χ1v) is 8.46. The summed E-state index contributed by atoms with van der Waals surface area (Å²) in [6.07, 6.45) is 1.41. The molecule has 0 spiro atoms. The van der Waals surface area contributed by atoms with Crippen molar-refractivity contribution in [2.24, 2.45) is 5.73 Å². The lowest BCUT2D eigenvalue weighted by atomic mass is 10.1. The number of primary amides is 1. The topological polar surface area (TPSA) is 101 Å². The minimum atomic E-state index is -1.04. The Balaban J connectivity index is 2.14. The van der Waals surface area contributed by atoms with Crippen molar-refractivity contribution in [3.63, 3.8) is 0 Å². The Morgan fingerprint density at radius 1 is 1.21 bits per heavy atom. The molecule has 3 rings (SSSR count). The molecule has 0 saturated carbocycles. The zero-order chi connectivity index (χ0) is 20.3. The Morgan fingerprint density at radius 2 is 1.89 bits per heavy atom. The predicted octanol–water partition coefficient (Wildman–Crippen LogP) is 3.24. The van der Waals surface area contributed by atoms with Crippen molar-refractivity contribution in [2.45, 2.75) is 13.5 Å². The number of rotatable bonds is 4. The van der Waals surface area contributed by atoms with Crippen LogP contribution in [0.25, 0.3) is 17.0 Å². The van der Waals surface area contributed by atoms with Crippen LogP contribution < -0.4 is 11.1 Å². The lowest BCUT2D eigenvalue weighted by Gasteiger charge is -2.09. The van der Waals surface area contributed by atoms with E-state index in [1.165, 1.54) is 12.1 Å². The summed E-state index contributed by atoms with van der Waals surface area (Å²) >= 11 is 0. The van der Waals surface area contributed by atoms with Crippen LogP contribution in [0.15, 0.2) is 54.1 Å². The first-order valence-electron chi connectivity index (χ1n) is 8.46. The van der Waals surface area contributed by atoms with E-state index in [4.69, 9.17) is 5.73 Å². The average molecular weight is 376 g/mol. The summed E-state index contributed by atoms with van der Waals surface area (Å²) in [5.41, 5.74) is 7.46. The average Bonchev–Trinajstić information content (AvgIpc) is 2.92. The van der Waals surface area contributed by atoms with Gasteiger partial charge in [0, 0.05) is 27.7 Å². The lowest BCUT2D eigenvalue weighted by Crippen LogP contribution is -2.35. The largest absolute Gasteiger partial charge is 0.351 e. The maximum Gasteiger partial charge on any atom is 0.319 e. The molecule has 6 nitrogen and oxygen atoms in total. The highest BCUT2D eigenvalue weighted by atomic mass is 19.1. The molecule has 0 aliphatic rings. The van der Waals surface area contributed by atoms with Crippen LogP contribution in [0.1, 0.15) is 16.8 Å². The van der Waals surface area contributed by atoms with Gasteiger partial charge in [-0.05, 0) is 25.1 Å². The number of hydrogen-bond acceptors (Lipinski definition) is 3. The highest BCUT2D eigenvalue weighted by molar-refractivity contribution is 6.10. The number of nitrogens with one attached hydrogen (secondary N) is 1. The molecule has 0 aliphatic heterocycles. The van der Waals surface area contributed by atoms with Crippen LogP contribution in [0.4, 0.5) is 9.18 Å². The number of nitrogens with zero attached hydrogens (tertiary/aromatic N) is 2. The third-order valence-corrected chi connectivity index (χ3v) is 4.46. The number of imide groups is 1. The molecule has 140 valence electrons. The highest BCUT2D eigenvalue weighted by Crippen LogP contribution is 2.29. The van der Waals surface area contributed by atoms with Gasteiger partial charge in [-0.15, -0.1) is 0 Å². The van der Waals surface area contributed by atoms with Gasteiger partial charge in [0.2, 0.25) is 0 Å². The van der Waals surface area contributed by atoms with Crippen molar-refractivity contribution in [1.29, 1.82) is 5.26 Å². The molecule has 3 N–H and O–H groups in total. The van der Waals surface area contributed by atoms with Crippen LogP contribution in [-0.2, 0) is 11.3 Å². The number of nitriles is 1. The highest BCUT2D eigenvalue weighted by Gasteiger charge is 2.17. The molecule has 0 unspecified atom stereocenters. The smallest absolute Gasteiger partial charge is 0.319 e. The van der Waals surface area contributed by atoms with Crippen molar-refractivity contribution in [3.8, 4) is 6.07 Å². The van der Waals surface area contributed by atoms with E-state index in [9.17, 15) is 19.2 Å². The van der Waals surface area contributed by atoms with Gasteiger partial charge in [0.15, 0.2) is 0 Å². The van der Waals surface area contributed by atoms with Gasteiger partial charge >= 0.3 is 6.03 Å².